The van der Waals surface area contributed by atoms with Crippen LogP contribution in [0.2, 0.25) is 0 Å². The van der Waals surface area contributed by atoms with Crippen LogP contribution in [-0.4, -0.2) is 73.9 Å². The fourth-order valence-corrected chi connectivity index (χ4v) is 11.4. The highest BCUT2D eigenvalue weighted by molar-refractivity contribution is 6.06. The number of halogens is 6. The van der Waals surface area contributed by atoms with E-state index in [0.717, 1.165) is 0 Å². The Hall–Kier alpha value is -4.14. The molecule has 0 spiro atoms. The minimum absolute atomic E-state index is 0.0584. The van der Waals surface area contributed by atoms with Gasteiger partial charge in [0.05, 0.1) is 48.7 Å². The Morgan fingerprint density at radius 2 is 1.11 bits per heavy atom. The minimum atomic E-state index is -5.26. The quantitative estimate of drug-likeness (QED) is 0.160. The van der Waals surface area contributed by atoms with Crippen molar-refractivity contribution in [2.24, 2.45) is 23.7 Å². The average molecular weight is 751 g/mol. The van der Waals surface area contributed by atoms with Crippen LogP contribution in [0, 0.1) is 23.7 Å². The van der Waals surface area contributed by atoms with Gasteiger partial charge in [-0.25, -0.2) is 19.2 Å². The summed E-state index contributed by atoms with van der Waals surface area (Å²) in [5.41, 5.74) is -5.94. The van der Waals surface area contributed by atoms with E-state index in [1.54, 1.807) is 13.8 Å². The summed E-state index contributed by atoms with van der Waals surface area (Å²) in [6.45, 7) is 5.91. The van der Waals surface area contributed by atoms with Crippen molar-refractivity contribution in [2.75, 3.05) is 26.4 Å². The van der Waals surface area contributed by atoms with E-state index in [-0.39, 0.29) is 83.8 Å². The van der Waals surface area contributed by atoms with Crippen LogP contribution in [0.5, 0.6) is 0 Å². The summed E-state index contributed by atoms with van der Waals surface area (Å²) >= 11 is 0. The molecule has 1 saturated carbocycles. The largest absolute Gasteiger partial charge is 0.462 e. The van der Waals surface area contributed by atoms with Crippen molar-refractivity contribution in [3.8, 4) is 0 Å². The van der Waals surface area contributed by atoms with Crippen molar-refractivity contribution in [3.05, 3.63) is 68.3 Å². The van der Waals surface area contributed by atoms with Gasteiger partial charge in [-0.1, -0.05) is 0 Å². The van der Waals surface area contributed by atoms with Gasteiger partial charge in [0.25, 0.3) is 0 Å². The van der Waals surface area contributed by atoms with E-state index in [0.29, 0.717) is 5.56 Å². The summed E-state index contributed by atoms with van der Waals surface area (Å²) in [5, 5.41) is 0. The molecule has 9 atom stereocenters. The van der Waals surface area contributed by atoms with Crippen molar-refractivity contribution in [3.63, 3.8) is 0 Å². The monoisotopic (exact) mass is 750 g/mol. The number of ether oxygens (including phenoxy) is 5. The van der Waals surface area contributed by atoms with Gasteiger partial charge in [0.1, 0.15) is 0 Å². The zero-order chi connectivity index (χ0) is 38.2. The lowest BCUT2D eigenvalue weighted by atomic mass is 9.44. The van der Waals surface area contributed by atoms with Crippen molar-refractivity contribution in [2.45, 2.75) is 88.3 Å². The standard InChI is InChI=1S/C38H36F6O9/c1-5-49-31(45)20-11-16-17(12-21(20)32(46)50-6-2)19-13-18(16)29-30(19)36(38(42,43)44)28-23-14-22-26(23)15(10-25(28)35(29,53-36)37(39,40)41)9-24(33(47)51-7-3)27(22)34(48)52-8-4/h9,11-12,18-19,23,25,28-30H,5-8,10,13-14H2,1-4H3/t18-,19+,23-,25?,28?,29?,30?,35+,36-/m1/s1. The molecule has 0 aromatic heterocycles. The molecule has 2 aromatic carbocycles. The molecule has 284 valence electrons. The molecule has 0 N–H and O–H groups in total. The Labute approximate surface area is 299 Å². The van der Waals surface area contributed by atoms with Crippen LogP contribution >= 0.6 is 0 Å². The Morgan fingerprint density at radius 3 is 1.60 bits per heavy atom. The Bertz CT molecular complexity index is 1970. The van der Waals surface area contributed by atoms with Crippen molar-refractivity contribution in [1.29, 1.82) is 0 Å². The molecule has 8 rings (SSSR count). The molecule has 53 heavy (non-hydrogen) atoms. The number of hydrogen-bond donors (Lipinski definition) is 0. The molecule has 3 fully saturated rings. The van der Waals surface area contributed by atoms with Gasteiger partial charge in [0, 0.05) is 23.7 Å². The molecular formula is C38H36F6O9. The summed E-state index contributed by atoms with van der Waals surface area (Å²) < 4.78 is 123. The summed E-state index contributed by atoms with van der Waals surface area (Å²) in [6.07, 6.45) is -11.3. The Kier molecular flexibility index (Phi) is 7.90. The fraction of sp³-hybridized carbons (Fsp3) is 0.579. The second-order valence-corrected chi connectivity index (χ2v) is 14.6. The lowest BCUT2D eigenvalue weighted by Crippen LogP contribution is -2.65. The topological polar surface area (TPSA) is 114 Å². The summed E-state index contributed by atoms with van der Waals surface area (Å²) in [5.74, 6) is -13.5. The molecule has 2 heterocycles. The normalized spacial score (nSPS) is 32.2. The smallest absolute Gasteiger partial charge is 0.418 e. The highest BCUT2D eigenvalue weighted by Gasteiger charge is 2.93. The van der Waals surface area contributed by atoms with Gasteiger partial charge in [-0.15, -0.1) is 0 Å². The van der Waals surface area contributed by atoms with Crippen LogP contribution in [-0.2, 0) is 36.5 Å². The van der Waals surface area contributed by atoms with Crippen molar-refractivity contribution >= 4 is 23.9 Å². The molecule has 2 aliphatic heterocycles. The lowest BCUT2D eigenvalue weighted by molar-refractivity contribution is -0.325. The van der Waals surface area contributed by atoms with Crippen LogP contribution in [0.1, 0.15) is 121 Å². The van der Waals surface area contributed by atoms with Crippen LogP contribution < -0.4 is 0 Å². The molecule has 4 unspecified atom stereocenters. The third kappa shape index (κ3) is 4.36. The average Bonchev–Trinajstić information content (AvgIpc) is 3.81. The Morgan fingerprint density at radius 1 is 0.642 bits per heavy atom. The highest BCUT2D eigenvalue weighted by Crippen LogP contribution is 2.84. The third-order valence-corrected chi connectivity index (χ3v) is 12.7. The van der Waals surface area contributed by atoms with Gasteiger partial charge < -0.3 is 23.7 Å². The Balaban J connectivity index is 1.33. The van der Waals surface area contributed by atoms with Crippen molar-refractivity contribution < 1.29 is 69.2 Å². The van der Waals surface area contributed by atoms with Gasteiger partial charge in [-0.2, -0.15) is 26.3 Å². The van der Waals surface area contributed by atoms with E-state index in [1.165, 1.54) is 32.0 Å². The summed E-state index contributed by atoms with van der Waals surface area (Å²) in [4.78, 5) is 52.4. The number of esters is 4. The van der Waals surface area contributed by atoms with Crippen LogP contribution in [0.4, 0.5) is 26.3 Å². The molecule has 2 saturated heterocycles. The first-order valence-corrected chi connectivity index (χ1v) is 17.9. The van der Waals surface area contributed by atoms with Gasteiger partial charge in [-0.3, -0.25) is 0 Å². The number of carbonyl (C=O) groups is 4. The summed E-state index contributed by atoms with van der Waals surface area (Å²) in [6, 6.07) is 3.84. The van der Waals surface area contributed by atoms with Crippen molar-refractivity contribution in [1.82, 2.24) is 0 Å². The molecule has 0 radical (unpaired) electrons. The van der Waals surface area contributed by atoms with E-state index in [2.05, 4.69) is 0 Å². The minimum Gasteiger partial charge on any atom is -0.462 e. The second kappa shape index (κ2) is 11.7. The predicted molar refractivity (Wildman–Crippen MR) is 170 cm³/mol. The van der Waals surface area contributed by atoms with Gasteiger partial charge >= 0.3 is 36.2 Å². The van der Waals surface area contributed by atoms with E-state index in [4.69, 9.17) is 23.7 Å². The van der Waals surface area contributed by atoms with Gasteiger partial charge in [0.15, 0.2) is 11.2 Å². The van der Waals surface area contributed by atoms with Gasteiger partial charge in [-0.05, 0) is 111 Å². The molecule has 4 bridgehead atoms. The SMILES string of the molecule is CCOC(=O)c1cc2c(cc1C(=O)OCC)[C@@H]1C[C@H]2C2C1[C@]1(C(F)(F)F)O[C@@]2(C(F)(F)F)C2Cc3cc(C(=O)OCC)c(C(=O)OCC)c4c3[C@@H](C4)C21. The zero-order valence-corrected chi connectivity index (χ0v) is 29.2. The van der Waals surface area contributed by atoms with Crippen LogP contribution in [0.3, 0.4) is 0 Å². The fourth-order valence-electron chi connectivity index (χ4n) is 11.4. The number of fused-ring (bicyclic) bond motifs is 16. The molecule has 6 aliphatic rings. The number of alkyl halides is 6. The molecule has 0 amide bonds. The molecule has 9 nitrogen and oxygen atoms in total. The van der Waals surface area contributed by atoms with E-state index >= 15 is 26.3 Å². The first-order valence-electron chi connectivity index (χ1n) is 17.9. The number of rotatable bonds is 8. The number of benzene rings is 2. The van der Waals surface area contributed by atoms with E-state index in [9.17, 15) is 19.2 Å². The molecule has 15 heteroatoms. The molecule has 4 aliphatic carbocycles. The maximum atomic E-state index is 16.0. The van der Waals surface area contributed by atoms with E-state index < -0.39 is 95.3 Å². The predicted octanol–water partition coefficient (Wildman–Crippen LogP) is 6.98. The lowest BCUT2D eigenvalue weighted by Gasteiger charge is -2.57. The first kappa shape index (κ1) is 35.9. The maximum Gasteiger partial charge on any atom is 0.418 e. The molecular weight excluding hydrogens is 714 g/mol. The third-order valence-electron chi connectivity index (χ3n) is 12.7. The summed E-state index contributed by atoms with van der Waals surface area (Å²) in [7, 11) is 0. The van der Waals surface area contributed by atoms with Crippen LogP contribution in [0.15, 0.2) is 18.2 Å². The zero-order valence-electron chi connectivity index (χ0n) is 29.2. The number of hydrogen-bond acceptors (Lipinski definition) is 9. The first-order chi connectivity index (χ1) is 25.0. The van der Waals surface area contributed by atoms with E-state index in [1.807, 2.05) is 0 Å². The highest BCUT2D eigenvalue weighted by atomic mass is 19.4. The second-order valence-electron chi connectivity index (χ2n) is 14.6. The van der Waals surface area contributed by atoms with Gasteiger partial charge in [0.2, 0.25) is 0 Å². The molecule has 2 aromatic rings. The maximum absolute atomic E-state index is 16.0. The number of carbonyl (C=O) groups excluding carboxylic acids is 4. The van der Waals surface area contributed by atoms with Crippen LogP contribution in [0.25, 0.3) is 0 Å².